The summed E-state index contributed by atoms with van der Waals surface area (Å²) >= 11 is 0. The third kappa shape index (κ3) is 5.26. The average Bonchev–Trinajstić information content (AvgIpc) is 2.36. The lowest BCUT2D eigenvalue weighted by Crippen LogP contribution is -2.20. The van der Waals surface area contributed by atoms with Gasteiger partial charge in [0.15, 0.2) is 0 Å². The number of primary amides is 1. The number of ether oxygens (including phenoxy) is 1. The topological polar surface area (TPSA) is 107 Å². The SMILES string of the molecule is NC(=O)COCCNc1ccc([N+](=O)[O-])c(C(F)(F)F)c1. The molecule has 116 valence electrons. The number of nitrogens with two attached hydrogens (primary N) is 1. The van der Waals surface area contributed by atoms with Gasteiger partial charge in [0.25, 0.3) is 5.69 Å². The van der Waals surface area contributed by atoms with Crippen molar-refractivity contribution in [3.63, 3.8) is 0 Å². The molecule has 0 fully saturated rings. The summed E-state index contributed by atoms with van der Waals surface area (Å²) in [5.41, 5.74) is 2.52. The van der Waals surface area contributed by atoms with E-state index in [9.17, 15) is 28.1 Å². The lowest BCUT2D eigenvalue weighted by molar-refractivity contribution is -0.388. The fraction of sp³-hybridized carbons (Fsp3) is 0.364. The number of carbonyl (C=O) groups excluding carboxylic acids is 1. The van der Waals surface area contributed by atoms with Gasteiger partial charge in [-0.3, -0.25) is 14.9 Å². The maximum absolute atomic E-state index is 12.7. The number of rotatable bonds is 7. The van der Waals surface area contributed by atoms with E-state index in [-0.39, 0.29) is 25.4 Å². The van der Waals surface area contributed by atoms with Gasteiger partial charge in [-0.1, -0.05) is 0 Å². The van der Waals surface area contributed by atoms with Gasteiger partial charge in [-0.2, -0.15) is 13.2 Å². The van der Waals surface area contributed by atoms with Gasteiger partial charge in [0.2, 0.25) is 5.91 Å². The highest BCUT2D eigenvalue weighted by atomic mass is 19.4. The van der Waals surface area contributed by atoms with Crippen LogP contribution in [-0.2, 0) is 15.7 Å². The summed E-state index contributed by atoms with van der Waals surface area (Å²) in [4.78, 5) is 19.8. The van der Waals surface area contributed by atoms with Crippen molar-refractivity contribution in [2.45, 2.75) is 6.18 Å². The van der Waals surface area contributed by atoms with Crippen LogP contribution in [-0.4, -0.2) is 30.6 Å². The van der Waals surface area contributed by atoms with Gasteiger partial charge in [0.05, 0.1) is 11.5 Å². The third-order valence-corrected chi connectivity index (χ3v) is 2.32. The largest absolute Gasteiger partial charge is 0.423 e. The summed E-state index contributed by atoms with van der Waals surface area (Å²) in [6.45, 7) is -0.139. The number of nitro benzene ring substituents is 1. The van der Waals surface area contributed by atoms with Crippen LogP contribution in [0.1, 0.15) is 5.56 Å². The number of hydrogen-bond donors (Lipinski definition) is 2. The van der Waals surface area contributed by atoms with Crippen molar-refractivity contribution in [1.29, 1.82) is 0 Å². The fourth-order valence-electron chi connectivity index (χ4n) is 1.47. The second-order valence-electron chi connectivity index (χ2n) is 3.93. The van der Waals surface area contributed by atoms with E-state index in [0.717, 1.165) is 12.1 Å². The van der Waals surface area contributed by atoms with Crippen LogP contribution >= 0.6 is 0 Å². The molecule has 0 aliphatic heterocycles. The van der Waals surface area contributed by atoms with Gasteiger partial charge in [-0.25, -0.2) is 0 Å². The highest BCUT2D eigenvalue weighted by Gasteiger charge is 2.38. The first-order chi connectivity index (χ1) is 9.71. The Kier molecular flexibility index (Phi) is 5.47. The predicted molar refractivity (Wildman–Crippen MR) is 66.6 cm³/mol. The second kappa shape index (κ2) is 6.88. The van der Waals surface area contributed by atoms with Crippen LogP contribution in [0.2, 0.25) is 0 Å². The Morgan fingerprint density at radius 3 is 2.62 bits per heavy atom. The first-order valence-corrected chi connectivity index (χ1v) is 5.67. The molecule has 0 atom stereocenters. The van der Waals surface area contributed by atoms with E-state index in [1.54, 1.807) is 0 Å². The number of benzene rings is 1. The van der Waals surface area contributed by atoms with Gasteiger partial charge in [0, 0.05) is 18.3 Å². The number of nitrogens with one attached hydrogen (secondary N) is 1. The smallest absolute Gasteiger partial charge is 0.383 e. The van der Waals surface area contributed by atoms with Gasteiger partial charge in [0.1, 0.15) is 12.2 Å². The van der Waals surface area contributed by atoms with E-state index in [0.29, 0.717) is 6.07 Å². The molecule has 0 spiro atoms. The Morgan fingerprint density at radius 1 is 1.43 bits per heavy atom. The molecule has 0 saturated heterocycles. The van der Waals surface area contributed by atoms with Crippen molar-refractivity contribution >= 4 is 17.3 Å². The van der Waals surface area contributed by atoms with Gasteiger partial charge in [-0.15, -0.1) is 0 Å². The molecule has 10 heteroatoms. The Balaban J connectivity index is 2.73. The molecule has 0 unspecified atom stereocenters. The monoisotopic (exact) mass is 307 g/mol. The number of alkyl halides is 3. The highest BCUT2D eigenvalue weighted by molar-refractivity contribution is 5.74. The second-order valence-corrected chi connectivity index (χ2v) is 3.93. The van der Waals surface area contributed by atoms with Crippen molar-refractivity contribution in [2.24, 2.45) is 5.73 Å². The number of hydrogen-bond acceptors (Lipinski definition) is 5. The maximum atomic E-state index is 12.7. The molecule has 1 aromatic rings. The van der Waals surface area contributed by atoms with Gasteiger partial charge < -0.3 is 15.8 Å². The normalized spacial score (nSPS) is 11.2. The van der Waals surface area contributed by atoms with E-state index in [1.165, 1.54) is 0 Å². The lowest BCUT2D eigenvalue weighted by Gasteiger charge is -2.11. The number of nitrogens with zero attached hydrogens (tertiary/aromatic N) is 1. The van der Waals surface area contributed by atoms with E-state index >= 15 is 0 Å². The van der Waals surface area contributed by atoms with Crippen molar-refractivity contribution in [3.8, 4) is 0 Å². The van der Waals surface area contributed by atoms with Crippen molar-refractivity contribution in [3.05, 3.63) is 33.9 Å². The molecule has 0 aliphatic rings. The van der Waals surface area contributed by atoms with Gasteiger partial charge in [-0.05, 0) is 12.1 Å². The number of amides is 1. The van der Waals surface area contributed by atoms with Crippen LogP contribution in [0.5, 0.6) is 0 Å². The average molecular weight is 307 g/mol. The summed E-state index contributed by atoms with van der Waals surface area (Å²) in [5, 5.41) is 13.2. The van der Waals surface area contributed by atoms with Gasteiger partial charge >= 0.3 is 6.18 Å². The molecule has 21 heavy (non-hydrogen) atoms. The van der Waals surface area contributed by atoms with Crippen molar-refractivity contribution in [2.75, 3.05) is 25.1 Å². The van der Waals surface area contributed by atoms with E-state index in [1.807, 2.05) is 0 Å². The van der Waals surface area contributed by atoms with Crippen LogP contribution in [0.4, 0.5) is 24.5 Å². The highest BCUT2D eigenvalue weighted by Crippen LogP contribution is 2.37. The van der Waals surface area contributed by atoms with E-state index in [4.69, 9.17) is 10.5 Å². The minimum Gasteiger partial charge on any atom is -0.383 e. The zero-order valence-electron chi connectivity index (χ0n) is 10.6. The fourth-order valence-corrected chi connectivity index (χ4v) is 1.47. The maximum Gasteiger partial charge on any atom is 0.423 e. The molecule has 0 aromatic heterocycles. The Labute approximate surface area is 117 Å². The molecular weight excluding hydrogens is 295 g/mol. The molecule has 1 amide bonds. The first-order valence-electron chi connectivity index (χ1n) is 5.67. The zero-order chi connectivity index (χ0) is 16.0. The molecule has 0 saturated carbocycles. The number of halogens is 3. The minimum atomic E-state index is -4.83. The standard InChI is InChI=1S/C11H12F3N3O4/c12-11(13,14)8-5-7(1-2-9(8)17(19)20)16-3-4-21-6-10(15)18/h1-2,5,16H,3-4,6H2,(H2,15,18). The number of carbonyl (C=O) groups is 1. The quantitative estimate of drug-likeness (QED) is 0.451. The summed E-state index contributed by atoms with van der Waals surface area (Å²) in [7, 11) is 0. The molecule has 0 aliphatic carbocycles. The number of nitro groups is 1. The Morgan fingerprint density at radius 2 is 2.10 bits per heavy atom. The molecule has 1 rings (SSSR count). The summed E-state index contributed by atoms with van der Waals surface area (Å²) in [6, 6.07) is 2.57. The summed E-state index contributed by atoms with van der Waals surface area (Å²) in [6.07, 6.45) is -4.83. The lowest BCUT2D eigenvalue weighted by atomic mass is 10.1. The van der Waals surface area contributed by atoms with Crippen LogP contribution in [0.25, 0.3) is 0 Å². The Bertz CT molecular complexity index is 534. The van der Waals surface area contributed by atoms with E-state index in [2.05, 4.69) is 5.32 Å². The third-order valence-electron chi connectivity index (χ3n) is 2.32. The molecule has 0 bridgehead atoms. The first kappa shape index (κ1) is 16.7. The molecule has 0 heterocycles. The molecule has 7 nitrogen and oxygen atoms in total. The van der Waals surface area contributed by atoms with E-state index < -0.39 is 28.3 Å². The zero-order valence-corrected chi connectivity index (χ0v) is 10.6. The summed E-state index contributed by atoms with van der Waals surface area (Å²) in [5.74, 6) is -0.662. The van der Waals surface area contributed by atoms with Crippen LogP contribution in [0.15, 0.2) is 18.2 Å². The van der Waals surface area contributed by atoms with Crippen LogP contribution in [0.3, 0.4) is 0 Å². The molecular formula is C11H12F3N3O4. The minimum absolute atomic E-state index is 0.0429. The van der Waals surface area contributed by atoms with Crippen molar-refractivity contribution < 1.29 is 27.6 Å². The van der Waals surface area contributed by atoms with Crippen LogP contribution < -0.4 is 11.1 Å². The van der Waals surface area contributed by atoms with Crippen LogP contribution in [0, 0.1) is 10.1 Å². The molecule has 0 radical (unpaired) electrons. The predicted octanol–water partition coefficient (Wildman–Crippen LogP) is 1.53. The Hall–Kier alpha value is -2.36. The molecule has 1 aromatic carbocycles. The van der Waals surface area contributed by atoms with Crippen molar-refractivity contribution in [1.82, 2.24) is 0 Å². The summed E-state index contributed by atoms with van der Waals surface area (Å²) < 4.78 is 42.9. The number of anilines is 1. The molecule has 3 N–H and O–H groups in total.